The van der Waals surface area contributed by atoms with E-state index in [0.29, 0.717) is 23.3 Å². The number of nitro groups is 1. The van der Waals surface area contributed by atoms with E-state index in [2.05, 4.69) is 0 Å². The average Bonchev–Trinajstić information content (AvgIpc) is 2.66. The van der Waals surface area contributed by atoms with Gasteiger partial charge < -0.3 is 14.3 Å². The molecule has 8 heteroatoms. The van der Waals surface area contributed by atoms with Crippen molar-refractivity contribution in [3.05, 3.63) is 79.1 Å². The molecular weight excluding hydrogens is 378 g/mol. The molecule has 0 saturated heterocycles. The van der Waals surface area contributed by atoms with E-state index in [0.717, 1.165) is 6.07 Å². The number of ether oxygens (including phenoxy) is 1. The summed E-state index contributed by atoms with van der Waals surface area (Å²) < 4.78 is 11.6. The number of nitrogens with zero attached hydrogens (tertiary/aromatic N) is 1. The number of nitro benzene ring substituents is 1. The van der Waals surface area contributed by atoms with Crippen LogP contribution in [0.3, 0.4) is 0 Å². The second-order valence-electron chi connectivity index (χ2n) is 8.09. The van der Waals surface area contributed by atoms with Crippen LogP contribution in [0.25, 0.3) is 0 Å². The lowest BCUT2D eigenvalue weighted by Gasteiger charge is -2.37. The topological polar surface area (TPSA) is 120 Å². The number of rotatable bonds is 3. The third-order valence-corrected chi connectivity index (χ3v) is 5.21. The largest absolute Gasteiger partial charge is 0.458 e. The maximum Gasteiger partial charge on any atom is 0.269 e. The molecule has 8 nitrogen and oxygen atoms in total. The molecule has 29 heavy (non-hydrogen) atoms. The highest BCUT2D eigenvalue weighted by molar-refractivity contribution is 6.00. The first-order chi connectivity index (χ1) is 13.7. The van der Waals surface area contributed by atoms with Gasteiger partial charge in [0.25, 0.3) is 5.69 Å². The predicted octanol–water partition coefficient (Wildman–Crippen LogP) is 3.21. The molecule has 0 spiro atoms. The molecule has 150 valence electrons. The number of carbonyl (C=O) groups excluding carboxylic acids is 1. The fraction of sp³-hybridized carbons (Fsp3) is 0.333. The molecule has 4 rings (SSSR count). The van der Waals surface area contributed by atoms with Crippen LogP contribution in [0.1, 0.15) is 49.7 Å². The number of aliphatic hydroxyl groups is 1. The summed E-state index contributed by atoms with van der Waals surface area (Å²) in [5.74, 6) is -0.538. The van der Waals surface area contributed by atoms with E-state index >= 15 is 0 Å². The minimum Gasteiger partial charge on any atom is -0.458 e. The second kappa shape index (κ2) is 6.66. The molecular formula is C21H19NO7. The van der Waals surface area contributed by atoms with Crippen LogP contribution in [0, 0.1) is 15.5 Å². The summed E-state index contributed by atoms with van der Waals surface area (Å²) in [6, 6.07) is 7.03. The molecule has 0 saturated carbocycles. The molecule has 1 unspecified atom stereocenters. The number of carbonyl (C=O) groups is 1. The van der Waals surface area contributed by atoms with Gasteiger partial charge in [-0.05, 0) is 11.0 Å². The Bertz CT molecular complexity index is 1130. The van der Waals surface area contributed by atoms with E-state index in [1.807, 2.05) is 13.8 Å². The fourth-order valence-electron chi connectivity index (χ4n) is 4.00. The lowest BCUT2D eigenvalue weighted by Crippen LogP contribution is -2.34. The zero-order valence-corrected chi connectivity index (χ0v) is 15.9. The minimum atomic E-state index is -0.823. The number of benzene rings is 1. The second-order valence-corrected chi connectivity index (χ2v) is 8.09. The Hall–Kier alpha value is -3.26. The van der Waals surface area contributed by atoms with Crippen molar-refractivity contribution in [2.24, 2.45) is 5.41 Å². The molecule has 2 heterocycles. The van der Waals surface area contributed by atoms with Gasteiger partial charge in [0.05, 0.1) is 10.8 Å². The molecule has 1 aliphatic heterocycles. The van der Waals surface area contributed by atoms with Crippen LogP contribution in [0.4, 0.5) is 5.69 Å². The van der Waals surface area contributed by atoms with Gasteiger partial charge in [-0.25, -0.2) is 0 Å². The van der Waals surface area contributed by atoms with Crippen LogP contribution >= 0.6 is 0 Å². The van der Waals surface area contributed by atoms with Crippen LogP contribution in [0.2, 0.25) is 0 Å². The van der Waals surface area contributed by atoms with Crippen molar-refractivity contribution in [2.45, 2.75) is 39.2 Å². The molecule has 1 aliphatic carbocycles. The highest BCUT2D eigenvalue weighted by Gasteiger charge is 2.44. The smallest absolute Gasteiger partial charge is 0.269 e. The third-order valence-electron chi connectivity index (χ3n) is 5.21. The number of hydrogen-bond acceptors (Lipinski definition) is 7. The number of ketones is 1. The Morgan fingerprint density at radius 3 is 2.69 bits per heavy atom. The van der Waals surface area contributed by atoms with E-state index in [4.69, 9.17) is 9.15 Å². The highest BCUT2D eigenvalue weighted by Crippen LogP contribution is 2.49. The molecule has 0 fully saturated rings. The van der Waals surface area contributed by atoms with Crippen molar-refractivity contribution in [3.63, 3.8) is 0 Å². The van der Waals surface area contributed by atoms with Crippen molar-refractivity contribution in [1.82, 2.24) is 0 Å². The van der Waals surface area contributed by atoms with E-state index < -0.39 is 22.9 Å². The average molecular weight is 397 g/mol. The van der Waals surface area contributed by atoms with Gasteiger partial charge in [-0.1, -0.05) is 26.0 Å². The lowest BCUT2D eigenvalue weighted by atomic mass is 9.71. The van der Waals surface area contributed by atoms with Crippen LogP contribution < -0.4 is 10.2 Å². The van der Waals surface area contributed by atoms with E-state index in [-0.39, 0.29) is 40.6 Å². The van der Waals surface area contributed by atoms with Gasteiger partial charge >= 0.3 is 0 Å². The van der Waals surface area contributed by atoms with Gasteiger partial charge in [0.2, 0.25) is 11.2 Å². The number of fused-ring (bicyclic) bond motifs is 1. The molecule has 0 amide bonds. The summed E-state index contributed by atoms with van der Waals surface area (Å²) >= 11 is 0. The molecule has 1 aromatic heterocycles. The number of allylic oxidation sites excluding steroid dienone is 2. The minimum absolute atomic E-state index is 0.0282. The van der Waals surface area contributed by atoms with Crippen LogP contribution in [-0.4, -0.2) is 15.8 Å². The quantitative estimate of drug-likeness (QED) is 0.624. The van der Waals surface area contributed by atoms with Gasteiger partial charge in [-0.2, -0.15) is 0 Å². The Balaban J connectivity index is 2.00. The highest BCUT2D eigenvalue weighted by atomic mass is 16.6. The lowest BCUT2D eigenvalue weighted by molar-refractivity contribution is -0.384. The van der Waals surface area contributed by atoms with Gasteiger partial charge in [0.1, 0.15) is 18.1 Å². The summed E-state index contributed by atoms with van der Waals surface area (Å²) in [6.45, 7) is 3.37. The van der Waals surface area contributed by atoms with Gasteiger partial charge in [-0.15, -0.1) is 0 Å². The van der Waals surface area contributed by atoms with Crippen LogP contribution in [0.15, 0.2) is 50.9 Å². The van der Waals surface area contributed by atoms with Gasteiger partial charge in [-0.3, -0.25) is 19.7 Å². The maximum atomic E-state index is 13.1. The third kappa shape index (κ3) is 3.25. The Morgan fingerprint density at radius 2 is 2.00 bits per heavy atom. The monoisotopic (exact) mass is 397 g/mol. The van der Waals surface area contributed by atoms with Crippen molar-refractivity contribution in [3.8, 4) is 5.75 Å². The Morgan fingerprint density at radius 1 is 1.24 bits per heavy atom. The first-order valence-electron chi connectivity index (χ1n) is 9.16. The zero-order valence-electron chi connectivity index (χ0n) is 15.9. The molecule has 2 aliphatic rings. The molecule has 1 N–H and O–H groups in total. The predicted molar refractivity (Wildman–Crippen MR) is 102 cm³/mol. The first-order valence-corrected chi connectivity index (χ1v) is 9.16. The normalized spacial score (nSPS) is 20.0. The Kier molecular flexibility index (Phi) is 4.38. The molecule has 0 bridgehead atoms. The summed E-state index contributed by atoms with van der Waals surface area (Å²) in [5.41, 5.74) is -0.167. The number of Topliss-reactive ketones (excluding diaryl/α,β-unsaturated/α-hetero) is 1. The summed E-state index contributed by atoms with van der Waals surface area (Å²) in [4.78, 5) is 36.4. The van der Waals surface area contributed by atoms with Crippen molar-refractivity contribution in [2.75, 3.05) is 0 Å². The molecule has 0 radical (unpaired) electrons. The van der Waals surface area contributed by atoms with E-state index in [1.165, 1.54) is 18.2 Å². The molecule has 2 aromatic rings. The van der Waals surface area contributed by atoms with E-state index in [9.17, 15) is 24.8 Å². The number of hydrogen-bond donors (Lipinski definition) is 1. The van der Waals surface area contributed by atoms with Crippen molar-refractivity contribution < 1.29 is 24.0 Å². The standard InChI is InChI=1S/C21H19NO7/c1-21(2)8-15(25)18-16(9-21)29-19-14(24)7-13(10-23)28-20(19)17(18)11-4-3-5-12(6-11)22(26)27/h3-7,17,23H,8-10H2,1-2H3. The van der Waals surface area contributed by atoms with Crippen molar-refractivity contribution in [1.29, 1.82) is 0 Å². The SMILES string of the molecule is CC1(C)CC(=O)C2=C(C1)Oc1c(oc(CO)cc1=O)C2c1cccc([N+](=O)[O-])c1. The zero-order chi connectivity index (χ0) is 20.9. The van der Waals surface area contributed by atoms with E-state index in [1.54, 1.807) is 6.07 Å². The molecule has 1 aromatic carbocycles. The van der Waals surface area contributed by atoms with Crippen molar-refractivity contribution >= 4 is 11.5 Å². The first kappa shape index (κ1) is 19.1. The van der Waals surface area contributed by atoms with Gasteiger partial charge in [0, 0.05) is 36.6 Å². The summed E-state index contributed by atoms with van der Waals surface area (Å²) in [5, 5.41) is 20.7. The summed E-state index contributed by atoms with van der Waals surface area (Å²) in [6.07, 6.45) is 0.722. The van der Waals surface area contributed by atoms with Crippen LogP contribution in [0.5, 0.6) is 5.75 Å². The van der Waals surface area contributed by atoms with Gasteiger partial charge in [0.15, 0.2) is 11.5 Å². The maximum absolute atomic E-state index is 13.1. The van der Waals surface area contributed by atoms with Crippen LogP contribution in [-0.2, 0) is 11.4 Å². The Labute approximate surface area is 165 Å². The number of aliphatic hydroxyl groups excluding tert-OH is 1. The fourth-order valence-corrected chi connectivity index (χ4v) is 4.00. The number of non-ortho nitro benzene ring substituents is 1. The molecule has 1 atom stereocenters. The summed E-state index contributed by atoms with van der Waals surface area (Å²) in [7, 11) is 0.